The third kappa shape index (κ3) is 73.3. The number of unbranched alkanes of at least 4 members (excludes halogenated alkanes) is 22. The topological polar surface area (TPSA) is 237 Å². The molecule has 0 aliphatic carbocycles. The van der Waals surface area contributed by atoms with E-state index in [9.17, 15) is 43.2 Å². The van der Waals surface area contributed by atoms with Gasteiger partial charge < -0.3 is 33.8 Å². The molecule has 0 radical (unpaired) electrons. The van der Waals surface area contributed by atoms with E-state index in [4.69, 9.17) is 37.0 Å². The highest BCUT2D eigenvalue weighted by molar-refractivity contribution is 7.47. The van der Waals surface area contributed by atoms with Gasteiger partial charge in [-0.2, -0.15) is 0 Å². The molecule has 0 aromatic rings. The molecule has 3 N–H and O–H groups in total. The highest BCUT2D eigenvalue weighted by Gasteiger charge is 2.30. The second kappa shape index (κ2) is 74.2. The second-order valence-corrected chi connectivity index (χ2v) is 28.5. The van der Waals surface area contributed by atoms with E-state index in [1.807, 2.05) is 36.5 Å². The highest BCUT2D eigenvalue weighted by Crippen LogP contribution is 2.45. The first kappa shape index (κ1) is 96.9. The minimum atomic E-state index is -5.02. The fourth-order valence-corrected chi connectivity index (χ4v) is 11.6. The van der Waals surface area contributed by atoms with Crippen molar-refractivity contribution in [2.45, 2.75) is 316 Å². The van der Waals surface area contributed by atoms with Crippen molar-refractivity contribution in [2.75, 3.05) is 39.6 Å². The summed E-state index contributed by atoms with van der Waals surface area (Å²) in [6.45, 7) is 4.47. The first-order chi connectivity index (χ1) is 49.7. The Morgan fingerprint density at radius 2 is 0.510 bits per heavy atom. The lowest BCUT2D eigenvalue weighted by atomic mass is 10.0. The van der Waals surface area contributed by atoms with Gasteiger partial charge in [-0.15, -0.1) is 0 Å². The van der Waals surface area contributed by atoms with Crippen LogP contribution < -0.4 is 0 Å². The van der Waals surface area contributed by atoms with Crippen molar-refractivity contribution >= 4 is 39.5 Å². The standard InChI is InChI=1S/C83H138O17P2/c1-5-9-13-17-21-25-29-32-34-36-38-40-42-45-49-52-56-60-64-68-81(86)94-74-79(100-83(88)70-66-62-58-54-50-46-43-41-39-37-35-33-30-26-22-18-14-10-6-2)76-98-102(91,92)96-72-77(84)71-95-101(89,90)97-75-78(99-82(87)69-65-61-57-53-47-28-24-20-16-12-8-4)73-93-80(85)67-63-59-55-51-48-44-31-27-23-19-15-11-7-3/h9-10,13-14,21-22,25-26,32-35,38-41,45-46,49-50,56,58,60,62,77-79,84H,5-8,11-12,15-20,23-24,27-31,36-37,42-44,47-48,51-55,57,59,61,63-76H2,1-4H3,(H,89,90)(H,91,92)/b13-9-,14-10-,25-21-,26-22-,34-32-,35-33-,40-38-,41-39-,49-45-,50-46-,60-56-,62-58-. The van der Waals surface area contributed by atoms with Crippen LogP contribution in [-0.2, 0) is 65.4 Å². The number of allylic oxidation sites excluding steroid dienone is 24. The van der Waals surface area contributed by atoms with Crippen LogP contribution in [0.25, 0.3) is 0 Å². The van der Waals surface area contributed by atoms with Crippen LogP contribution in [0.5, 0.6) is 0 Å². The molecule has 102 heavy (non-hydrogen) atoms. The van der Waals surface area contributed by atoms with Crippen molar-refractivity contribution in [3.05, 3.63) is 146 Å². The molecule has 0 saturated carbocycles. The van der Waals surface area contributed by atoms with Crippen LogP contribution in [0.1, 0.15) is 297 Å². The lowest BCUT2D eigenvalue weighted by molar-refractivity contribution is -0.161. The molecule has 0 amide bonds. The van der Waals surface area contributed by atoms with Crippen LogP contribution in [0.4, 0.5) is 0 Å². The molecule has 0 aromatic heterocycles. The summed E-state index contributed by atoms with van der Waals surface area (Å²) in [6, 6.07) is 0. The molecule has 17 nitrogen and oxygen atoms in total. The molecule has 5 atom stereocenters. The largest absolute Gasteiger partial charge is 0.472 e. The molecule has 19 heteroatoms. The molecule has 0 saturated heterocycles. The lowest BCUT2D eigenvalue weighted by Crippen LogP contribution is -2.30. The maximum absolute atomic E-state index is 13.1. The molecule has 0 heterocycles. The molecule has 582 valence electrons. The number of hydrogen-bond donors (Lipinski definition) is 3. The van der Waals surface area contributed by atoms with Gasteiger partial charge in [-0.1, -0.05) is 315 Å². The van der Waals surface area contributed by atoms with Gasteiger partial charge in [0.1, 0.15) is 19.3 Å². The fourth-order valence-electron chi connectivity index (χ4n) is 9.98. The SMILES string of the molecule is CC/C=C\C/C=C\C/C=C\C/C=C\C/C=C\C/C=C\CCC(=O)OCC(COP(=O)(O)OCC(O)COP(=O)(O)OCC(COC(=O)CCCCCCCCCCCCCCC)OC(=O)CCCCCCCCCCCCC)OC(=O)CC/C=C\C/C=C\C/C=C\C/C=C\C/C=C\C/C=C\CC. The van der Waals surface area contributed by atoms with E-state index in [1.165, 1.54) is 96.3 Å². The maximum atomic E-state index is 13.1. The van der Waals surface area contributed by atoms with E-state index in [2.05, 4.69) is 137 Å². The molecule has 0 aliphatic rings. The van der Waals surface area contributed by atoms with E-state index < -0.39 is 97.5 Å². The van der Waals surface area contributed by atoms with Crippen molar-refractivity contribution in [1.82, 2.24) is 0 Å². The van der Waals surface area contributed by atoms with Crippen LogP contribution in [-0.4, -0.2) is 96.7 Å². The first-order valence-corrected chi connectivity index (χ1v) is 42.1. The smallest absolute Gasteiger partial charge is 0.462 e. The second-order valence-electron chi connectivity index (χ2n) is 25.5. The number of hydrogen-bond acceptors (Lipinski definition) is 15. The molecular weight excluding hydrogens is 1330 g/mol. The predicted octanol–water partition coefficient (Wildman–Crippen LogP) is 22.7. The van der Waals surface area contributed by atoms with Crippen LogP contribution >= 0.6 is 15.6 Å². The number of carbonyl (C=O) groups excluding carboxylic acids is 4. The third-order valence-corrected chi connectivity index (χ3v) is 17.8. The number of esters is 4. The summed E-state index contributed by atoms with van der Waals surface area (Å²) in [5, 5.41) is 10.6. The van der Waals surface area contributed by atoms with Crippen molar-refractivity contribution in [3.8, 4) is 0 Å². The number of phosphoric acid groups is 2. The average Bonchev–Trinajstić information content (AvgIpc) is 0.940. The van der Waals surface area contributed by atoms with E-state index in [-0.39, 0.29) is 25.7 Å². The molecule has 0 aromatic carbocycles. The van der Waals surface area contributed by atoms with Crippen molar-refractivity contribution in [1.29, 1.82) is 0 Å². The molecule has 0 fully saturated rings. The summed E-state index contributed by atoms with van der Waals surface area (Å²) >= 11 is 0. The van der Waals surface area contributed by atoms with Gasteiger partial charge in [-0.25, -0.2) is 9.13 Å². The van der Waals surface area contributed by atoms with Crippen LogP contribution in [0.2, 0.25) is 0 Å². The van der Waals surface area contributed by atoms with E-state index >= 15 is 0 Å². The number of aliphatic hydroxyl groups excluding tert-OH is 1. The molecule has 0 bridgehead atoms. The van der Waals surface area contributed by atoms with Crippen LogP contribution in [0.3, 0.4) is 0 Å². The summed E-state index contributed by atoms with van der Waals surface area (Å²) in [5.41, 5.74) is 0. The Bertz CT molecular complexity index is 2510. The van der Waals surface area contributed by atoms with Crippen LogP contribution in [0, 0.1) is 0 Å². The molecule has 0 aliphatic heterocycles. The number of aliphatic hydroxyl groups is 1. The summed E-state index contributed by atoms with van der Waals surface area (Å²) < 4.78 is 68.3. The molecule has 0 rings (SSSR count). The minimum Gasteiger partial charge on any atom is -0.462 e. The average molecular weight is 1470 g/mol. The Balaban J connectivity index is 5.48. The van der Waals surface area contributed by atoms with Crippen molar-refractivity contribution < 1.29 is 80.2 Å². The van der Waals surface area contributed by atoms with E-state index in [0.29, 0.717) is 38.5 Å². The Hall–Kier alpha value is -5.06. The summed E-state index contributed by atoms with van der Waals surface area (Å²) in [7, 11) is -10.00. The van der Waals surface area contributed by atoms with Gasteiger partial charge in [0.05, 0.1) is 26.4 Å². The number of ether oxygens (including phenoxy) is 4. The molecular formula is C83H138O17P2. The van der Waals surface area contributed by atoms with Gasteiger partial charge in [0, 0.05) is 25.7 Å². The van der Waals surface area contributed by atoms with Gasteiger partial charge in [0.25, 0.3) is 0 Å². The zero-order valence-electron chi connectivity index (χ0n) is 63.5. The Morgan fingerprint density at radius 1 is 0.284 bits per heavy atom. The summed E-state index contributed by atoms with van der Waals surface area (Å²) in [5.74, 6) is -2.37. The number of carbonyl (C=O) groups is 4. The van der Waals surface area contributed by atoms with Crippen molar-refractivity contribution in [3.63, 3.8) is 0 Å². The molecule has 0 spiro atoms. The maximum Gasteiger partial charge on any atom is 0.472 e. The lowest BCUT2D eigenvalue weighted by Gasteiger charge is -2.21. The van der Waals surface area contributed by atoms with Gasteiger partial charge in [-0.3, -0.25) is 37.3 Å². The fraction of sp³-hybridized carbons (Fsp3) is 0.663. The van der Waals surface area contributed by atoms with Gasteiger partial charge in [0.15, 0.2) is 12.2 Å². The Kier molecular flexibility index (Phi) is 70.5. The van der Waals surface area contributed by atoms with Gasteiger partial charge >= 0.3 is 39.5 Å². The quantitative estimate of drug-likeness (QED) is 0.0169. The highest BCUT2D eigenvalue weighted by atomic mass is 31.2. The first-order valence-electron chi connectivity index (χ1n) is 39.1. The monoisotopic (exact) mass is 1470 g/mol. The predicted molar refractivity (Wildman–Crippen MR) is 417 cm³/mol. The normalized spacial score (nSPS) is 14.7. The van der Waals surface area contributed by atoms with E-state index in [1.54, 1.807) is 0 Å². The zero-order valence-corrected chi connectivity index (χ0v) is 65.3. The Morgan fingerprint density at radius 3 is 0.804 bits per heavy atom. The summed E-state index contributed by atoms with van der Waals surface area (Å²) in [6.07, 6.45) is 84.4. The van der Waals surface area contributed by atoms with Gasteiger partial charge in [-0.05, 0) is 103 Å². The summed E-state index contributed by atoms with van der Waals surface area (Å²) in [4.78, 5) is 72.8. The number of rotatable bonds is 72. The zero-order chi connectivity index (χ0) is 74.6. The molecule has 5 unspecified atom stereocenters. The minimum absolute atomic E-state index is 0.0162. The number of phosphoric ester groups is 2. The van der Waals surface area contributed by atoms with Gasteiger partial charge in [0.2, 0.25) is 0 Å². The third-order valence-electron chi connectivity index (χ3n) is 15.9. The van der Waals surface area contributed by atoms with Crippen molar-refractivity contribution in [2.24, 2.45) is 0 Å². The Labute approximate surface area is 617 Å². The van der Waals surface area contributed by atoms with Crippen LogP contribution in [0.15, 0.2) is 146 Å². The van der Waals surface area contributed by atoms with E-state index in [0.717, 1.165) is 109 Å².